The van der Waals surface area contributed by atoms with Crippen LogP contribution in [-0.2, 0) is 9.59 Å². The molecule has 0 atom stereocenters. The van der Waals surface area contributed by atoms with Crippen LogP contribution in [0.15, 0.2) is 18.2 Å². The Kier molecular flexibility index (Phi) is 6.71. The molecule has 0 aliphatic heterocycles. The fourth-order valence-electron chi connectivity index (χ4n) is 1.36. The summed E-state index contributed by atoms with van der Waals surface area (Å²) in [5.41, 5.74) is 2.18. The molecule has 1 aromatic rings. The van der Waals surface area contributed by atoms with Gasteiger partial charge in [0.25, 0.3) is 5.97 Å². The Morgan fingerprint density at radius 2 is 1.72 bits per heavy atom. The molecular formula is C14H20O4. The largest absolute Gasteiger partial charge is 0.481 e. The van der Waals surface area contributed by atoms with Gasteiger partial charge >= 0.3 is 5.97 Å². The van der Waals surface area contributed by atoms with E-state index in [4.69, 9.17) is 14.6 Å². The van der Waals surface area contributed by atoms with Crippen molar-refractivity contribution in [2.45, 2.75) is 40.5 Å². The number of rotatable bonds is 2. The van der Waals surface area contributed by atoms with E-state index in [1.54, 1.807) is 0 Å². The first kappa shape index (κ1) is 16.2. The molecule has 0 aliphatic carbocycles. The monoisotopic (exact) mass is 252 g/mol. The van der Waals surface area contributed by atoms with Gasteiger partial charge in [0.1, 0.15) is 5.75 Å². The Hall–Kier alpha value is -1.84. The van der Waals surface area contributed by atoms with Crippen LogP contribution in [0.2, 0.25) is 0 Å². The van der Waals surface area contributed by atoms with Crippen molar-refractivity contribution in [2.75, 3.05) is 0 Å². The van der Waals surface area contributed by atoms with E-state index < -0.39 is 5.97 Å². The van der Waals surface area contributed by atoms with Crippen LogP contribution in [-0.4, -0.2) is 17.0 Å². The van der Waals surface area contributed by atoms with Crippen molar-refractivity contribution in [3.63, 3.8) is 0 Å². The minimum Gasteiger partial charge on any atom is -0.481 e. The molecule has 0 amide bonds. The third-order valence-corrected chi connectivity index (χ3v) is 2.04. The lowest BCUT2D eigenvalue weighted by Gasteiger charge is -2.12. The normalized spacial score (nSPS) is 9.44. The zero-order chi connectivity index (χ0) is 14.3. The van der Waals surface area contributed by atoms with Gasteiger partial charge in [-0.05, 0) is 30.0 Å². The molecule has 4 nitrogen and oxygen atoms in total. The summed E-state index contributed by atoms with van der Waals surface area (Å²) in [7, 11) is 0. The summed E-state index contributed by atoms with van der Waals surface area (Å²) in [5, 5.41) is 7.42. The Balaban J connectivity index is 0.000000631. The second-order valence-corrected chi connectivity index (χ2v) is 4.31. The van der Waals surface area contributed by atoms with Crippen molar-refractivity contribution in [3.8, 4) is 5.75 Å². The lowest BCUT2D eigenvalue weighted by Crippen LogP contribution is -2.05. The third kappa shape index (κ3) is 6.68. The quantitative estimate of drug-likeness (QED) is 0.648. The van der Waals surface area contributed by atoms with Crippen molar-refractivity contribution in [1.82, 2.24) is 0 Å². The molecule has 0 fully saturated rings. The second-order valence-electron chi connectivity index (χ2n) is 4.31. The number of benzene rings is 1. The van der Waals surface area contributed by atoms with E-state index in [1.165, 1.54) is 6.92 Å². The van der Waals surface area contributed by atoms with E-state index in [1.807, 2.05) is 25.1 Å². The number of aliphatic carboxylic acids is 1. The molecule has 0 unspecified atom stereocenters. The lowest BCUT2D eigenvalue weighted by atomic mass is 10.0. The summed E-state index contributed by atoms with van der Waals surface area (Å²) in [4.78, 5) is 19.9. The highest BCUT2D eigenvalue weighted by molar-refractivity contribution is 5.70. The number of carboxylic acid groups (broad SMARTS) is 1. The molecule has 1 aromatic carbocycles. The standard InChI is InChI=1S/C12H16O2.C2H4O2/c1-8(2)11-6-5-9(3)7-12(11)14-10(4)13;1-2(3)4/h5-8H,1-4H3;1H3,(H,3,4). The smallest absolute Gasteiger partial charge is 0.308 e. The molecule has 18 heavy (non-hydrogen) atoms. The number of carbonyl (C=O) groups excluding carboxylic acids is 1. The van der Waals surface area contributed by atoms with Gasteiger partial charge in [0.2, 0.25) is 0 Å². The topological polar surface area (TPSA) is 63.6 Å². The summed E-state index contributed by atoms with van der Waals surface area (Å²) < 4.78 is 5.15. The molecule has 0 aliphatic rings. The maximum Gasteiger partial charge on any atom is 0.308 e. The van der Waals surface area contributed by atoms with Crippen LogP contribution in [0.1, 0.15) is 44.7 Å². The highest BCUT2D eigenvalue weighted by Crippen LogP contribution is 2.27. The molecule has 0 saturated carbocycles. The van der Waals surface area contributed by atoms with Gasteiger partial charge < -0.3 is 9.84 Å². The van der Waals surface area contributed by atoms with E-state index in [9.17, 15) is 4.79 Å². The van der Waals surface area contributed by atoms with E-state index in [0.29, 0.717) is 11.7 Å². The molecular weight excluding hydrogens is 232 g/mol. The Morgan fingerprint density at radius 1 is 1.22 bits per heavy atom. The minimum absolute atomic E-state index is 0.266. The first-order valence-electron chi connectivity index (χ1n) is 5.72. The number of aryl methyl sites for hydroxylation is 1. The number of carbonyl (C=O) groups is 2. The molecule has 4 heteroatoms. The van der Waals surface area contributed by atoms with Crippen LogP contribution in [0.5, 0.6) is 5.75 Å². The van der Waals surface area contributed by atoms with Crippen molar-refractivity contribution in [2.24, 2.45) is 0 Å². The second kappa shape index (κ2) is 7.48. The molecule has 0 radical (unpaired) electrons. The Labute approximate surface area is 108 Å². The molecule has 0 aromatic heterocycles. The first-order valence-corrected chi connectivity index (χ1v) is 5.72. The molecule has 1 rings (SSSR count). The summed E-state index contributed by atoms with van der Waals surface area (Å²) in [6.07, 6.45) is 0. The Bertz CT molecular complexity index is 418. The molecule has 0 spiro atoms. The molecule has 0 bridgehead atoms. The van der Waals surface area contributed by atoms with Gasteiger partial charge in [0.05, 0.1) is 0 Å². The highest BCUT2D eigenvalue weighted by atomic mass is 16.5. The van der Waals surface area contributed by atoms with Gasteiger partial charge in [0, 0.05) is 13.8 Å². The lowest BCUT2D eigenvalue weighted by molar-refractivity contribution is -0.134. The van der Waals surface area contributed by atoms with Gasteiger partial charge in [-0.25, -0.2) is 0 Å². The molecule has 100 valence electrons. The molecule has 1 N–H and O–H groups in total. The predicted octanol–water partition coefficient (Wildman–Crippen LogP) is 3.13. The molecule has 0 saturated heterocycles. The summed E-state index contributed by atoms with van der Waals surface area (Å²) in [6.45, 7) is 8.65. The highest BCUT2D eigenvalue weighted by Gasteiger charge is 2.09. The van der Waals surface area contributed by atoms with E-state index >= 15 is 0 Å². The minimum atomic E-state index is -0.833. The van der Waals surface area contributed by atoms with Gasteiger partial charge in [-0.15, -0.1) is 0 Å². The zero-order valence-corrected chi connectivity index (χ0v) is 11.5. The van der Waals surface area contributed by atoms with Crippen LogP contribution in [0.4, 0.5) is 0 Å². The third-order valence-electron chi connectivity index (χ3n) is 2.04. The number of hydrogen-bond acceptors (Lipinski definition) is 3. The number of hydrogen-bond donors (Lipinski definition) is 1. The SMILES string of the molecule is CC(=O)O.CC(=O)Oc1cc(C)ccc1C(C)C. The van der Waals surface area contributed by atoms with Crippen LogP contribution < -0.4 is 4.74 Å². The number of carboxylic acids is 1. The fourth-order valence-corrected chi connectivity index (χ4v) is 1.36. The summed E-state index contributed by atoms with van der Waals surface area (Å²) in [6, 6.07) is 5.94. The fraction of sp³-hybridized carbons (Fsp3) is 0.429. The molecule has 0 heterocycles. The van der Waals surface area contributed by atoms with Crippen molar-refractivity contribution in [1.29, 1.82) is 0 Å². The zero-order valence-electron chi connectivity index (χ0n) is 11.5. The van der Waals surface area contributed by atoms with Gasteiger partial charge in [-0.1, -0.05) is 26.0 Å². The maximum atomic E-state index is 10.9. The van der Waals surface area contributed by atoms with E-state index in [0.717, 1.165) is 18.1 Å². The predicted molar refractivity (Wildman–Crippen MR) is 69.9 cm³/mol. The van der Waals surface area contributed by atoms with E-state index in [2.05, 4.69) is 13.8 Å². The van der Waals surface area contributed by atoms with Crippen LogP contribution in [0, 0.1) is 6.92 Å². The van der Waals surface area contributed by atoms with Crippen LogP contribution in [0.25, 0.3) is 0 Å². The average Bonchev–Trinajstić information content (AvgIpc) is 2.14. The van der Waals surface area contributed by atoms with Gasteiger partial charge in [0.15, 0.2) is 0 Å². The van der Waals surface area contributed by atoms with Crippen LogP contribution in [0.3, 0.4) is 0 Å². The summed E-state index contributed by atoms with van der Waals surface area (Å²) in [5.74, 6) is -0.0463. The maximum absolute atomic E-state index is 10.9. The van der Waals surface area contributed by atoms with Crippen molar-refractivity contribution < 1.29 is 19.4 Å². The number of esters is 1. The van der Waals surface area contributed by atoms with Gasteiger partial charge in [-0.3, -0.25) is 9.59 Å². The van der Waals surface area contributed by atoms with Crippen molar-refractivity contribution >= 4 is 11.9 Å². The average molecular weight is 252 g/mol. The van der Waals surface area contributed by atoms with E-state index in [-0.39, 0.29) is 5.97 Å². The first-order chi connectivity index (χ1) is 8.23. The Morgan fingerprint density at radius 3 is 2.11 bits per heavy atom. The van der Waals surface area contributed by atoms with Crippen LogP contribution >= 0.6 is 0 Å². The van der Waals surface area contributed by atoms with Gasteiger partial charge in [-0.2, -0.15) is 0 Å². The summed E-state index contributed by atoms with van der Waals surface area (Å²) >= 11 is 0. The number of ether oxygens (including phenoxy) is 1. The van der Waals surface area contributed by atoms with Crippen molar-refractivity contribution in [3.05, 3.63) is 29.3 Å².